The standard InChI is InChI=1S/C19H16F2N2O4/c1-11(18(24)23-17-15(20)4-3-5-16(17)21)27-19(25)12(2)26-14-8-6-13(10-22)7-9-14/h3-9,11-12H,1-2H3,(H,23,24)/t11-,12-/m0/s1. The average molecular weight is 374 g/mol. The molecule has 0 spiro atoms. The molecule has 0 heterocycles. The summed E-state index contributed by atoms with van der Waals surface area (Å²) in [5.41, 5.74) is -0.185. The summed E-state index contributed by atoms with van der Waals surface area (Å²) >= 11 is 0. The molecule has 0 aliphatic carbocycles. The molecular formula is C19H16F2N2O4. The van der Waals surface area contributed by atoms with Gasteiger partial charge in [0.05, 0.1) is 11.6 Å². The number of para-hydroxylation sites is 1. The lowest BCUT2D eigenvalue weighted by Crippen LogP contribution is -2.35. The minimum absolute atomic E-state index is 0.337. The minimum atomic E-state index is -1.30. The summed E-state index contributed by atoms with van der Waals surface area (Å²) in [6.45, 7) is 2.68. The summed E-state index contributed by atoms with van der Waals surface area (Å²) in [5.74, 6) is -3.28. The highest BCUT2D eigenvalue weighted by molar-refractivity contribution is 5.95. The second-order valence-electron chi connectivity index (χ2n) is 5.56. The number of hydrogen-bond donors (Lipinski definition) is 1. The Morgan fingerprint density at radius 1 is 1.04 bits per heavy atom. The Morgan fingerprint density at radius 2 is 1.63 bits per heavy atom. The topological polar surface area (TPSA) is 88.4 Å². The van der Waals surface area contributed by atoms with Crippen molar-refractivity contribution in [3.63, 3.8) is 0 Å². The van der Waals surface area contributed by atoms with E-state index >= 15 is 0 Å². The van der Waals surface area contributed by atoms with Crippen LogP contribution in [0.25, 0.3) is 0 Å². The molecule has 0 fully saturated rings. The van der Waals surface area contributed by atoms with Crippen LogP contribution < -0.4 is 10.1 Å². The van der Waals surface area contributed by atoms with E-state index in [1.165, 1.54) is 38.1 Å². The van der Waals surface area contributed by atoms with Gasteiger partial charge in [0.2, 0.25) is 0 Å². The van der Waals surface area contributed by atoms with E-state index in [1.54, 1.807) is 0 Å². The zero-order valence-corrected chi connectivity index (χ0v) is 14.5. The molecule has 140 valence electrons. The highest BCUT2D eigenvalue weighted by Gasteiger charge is 2.24. The van der Waals surface area contributed by atoms with Crippen molar-refractivity contribution in [2.45, 2.75) is 26.1 Å². The molecule has 0 aliphatic heterocycles. The Morgan fingerprint density at radius 3 is 2.19 bits per heavy atom. The van der Waals surface area contributed by atoms with E-state index in [2.05, 4.69) is 0 Å². The fourth-order valence-electron chi connectivity index (χ4n) is 2.03. The molecular weight excluding hydrogens is 358 g/mol. The predicted octanol–water partition coefficient (Wildman–Crippen LogP) is 3.17. The van der Waals surface area contributed by atoms with E-state index in [0.717, 1.165) is 18.2 Å². The third-order valence-electron chi connectivity index (χ3n) is 3.50. The Bertz CT molecular complexity index is 858. The zero-order valence-electron chi connectivity index (χ0n) is 14.5. The van der Waals surface area contributed by atoms with Crippen molar-refractivity contribution in [3.05, 3.63) is 59.7 Å². The molecule has 0 unspecified atom stereocenters. The lowest BCUT2D eigenvalue weighted by molar-refractivity contribution is -0.159. The van der Waals surface area contributed by atoms with Gasteiger partial charge in [0, 0.05) is 0 Å². The summed E-state index contributed by atoms with van der Waals surface area (Å²) < 4.78 is 37.5. The van der Waals surface area contributed by atoms with Gasteiger partial charge in [-0.1, -0.05) is 6.07 Å². The summed E-state index contributed by atoms with van der Waals surface area (Å²) in [6.07, 6.45) is -2.35. The fraction of sp³-hybridized carbons (Fsp3) is 0.211. The summed E-state index contributed by atoms with van der Waals surface area (Å²) in [6, 6.07) is 11.2. The maximum Gasteiger partial charge on any atom is 0.347 e. The third-order valence-corrected chi connectivity index (χ3v) is 3.50. The van der Waals surface area contributed by atoms with Gasteiger partial charge in [0.25, 0.3) is 5.91 Å². The zero-order chi connectivity index (χ0) is 20.0. The number of nitrogens with one attached hydrogen (secondary N) is 1. The van der Waals surface area contributed by atoms with Gasteiger partial charge in [-0.2, -0.15) is 5.26 Å². The number of rotatable bonds is 6. The number of nitrogens with zero attached hydrogens (tertiary/aromatic N) is 1. The molecule has 0 saturated heterocycles. The molecule has 0 bridgehead atoms. The van der Waals surface area contributed by atoms with E-state index in [4.69, 9.17) is 14.7 Å². The first-order valence-electron chi connectivity index (χ1n) is 7.94. The molecule has 0 saturated carbocycles. The van der Waals surface area contributed by atoms with Crippen LogP contribution >= 0.6 is 0 Å². The van der Waals surface area contributed by atoms with Crippen molar-refractivity contribution in [1.29, 1.82) is 5.26 Å². The molecule has 0 aromatic heterocycles. The molecule has 2 rings (SSSR count). The SMILES string of the molecule is C[C@H](OC(=O)[C@H](C)Oc1ccc(C#N)cc1)C(=O)Nc1c(F)cccc1F. The van der Waals surface area contributed by atoms with Crippen LogP contribution in [0.15, 0.2) is 42.5 Å². The van der Waals surface area contributed by atoms with Gasteiger partial charge in [-0.3, -0.25) is 4.79 Å². The number of hydrogen-bond acceptors (Lipinski definition) is 5. The second-order valence-corrected chi connectivity index (χ2v) is 5.56. The van der Waals surface area contributed by atoms with Crippen molar-refractivity contribution in [2.75, 3.05) is 5.32 Å². The molecule has 2 aromatic rings. The molecule has 8 heteroatoms. The van der Waals surface area contributed by atoms with Gasteiger partial charge in [-0.15, -0.1) is 0 Å². The van der Waals surface area contributed by atoms with Crippen LogP contribution in [0.2, 0.25) is 0 Å². The molecule has 6 nitrogen and oxygen atoms in total. The smallest absolute Gasteiger partial charge is 0.347 e. The molecule has 2 atom stereocenters. The quantitative estimate of drug-likeness (QED) is 0.785. The first-order valence-corrected chi connectivity index (χ1v) is 7.94. The van der Waals surface area contributed by atoms with Crippen LogP contribution in [-0.4, -0.2) is 24.1 Å². The number of benzene rings is 2. The Labute approximate surface area is 154 Å². The van der Waals surface area contributed by atoms with E-state index in [1.807, 2.05) is 11.4 Å². The summed E-state index contributed by atoms with van der Waals surface area (Å²) in [5, 5.41) is 10.8. The van der Waals surface area contributed by atoms with E-state index in [-0.39, 0.29) is 0 Å². The Balaban J connectivity index is 1.93. The molecule has 1 N–H and O–H groups in total. The van der Waals surface area contributed by atoms with Crippen LogP contribution in [0.1, 0.15) is 19.4 Å². The third kappa shape index (κ3) is 5.25. The number of carbonyl (C=O) groups excluding carboxylic acids is 2. The van der Waals surface area contributed by atoms with Crippen LogP contribution in [0.5, 0.6) is 5.75 Å². The monoisotopic (exact) mass is 374 g/mol. The highest BCUT2D eigenvalue weighted by Crippen LogP contribution is 2.19. The van der Waals surface area contributed by atoms with Gasteiger partial charge in [-0.25, -0.2) is 13.6 Å². The first kappa shape index (κ1) is 19.8. The second kappa shape index (κ2) is 8.76. The van der Waals surface area contributed by atoms with Crippen molar-refractivity contribution < 1.29 is 27.8 Å². The van der Waals surface area contributed by atoms with E-state index in [0.29, 0.717) is 11.3 Å². The number of ether oxygens (including phenoxy) is 2. The van der Waals surface area contributed by atoms with E-state index < -0.39 is 41.4 Å². The van der Waals surface area contributed by atoms with Crippen molar-refractivity contribution >= 4 is 17.6 Å². The van der Waals surface area contributed by atoms with Gasteiger partial charge in [0.1, 0.15) is 23.1 Å². The molecule has 0 radical (unpaired) electrons. The van der Waals surface area contributed by atoms with Crippen LogP contribution in [0.3, 0.4) is 0 Å². The normalized spacial score (nSPS) is 12.4. The van der Waals surface area contributed by atoms with Crippen LogP contribution in [-0.2, 0) is 14.3 Å². The number of anilines is 1. The molecule has 27 heavy (non-hydrogen) atoms. The van der Waals surface area contributed by atoms with Crippen molar-refractivity contribution in [3.8, 4) is 11.8 Å². The molecule has 1 amide bonds. The number of nitriles is 1. The maximum atomic E-state index is 13.6. The number of halogens is 2. The summed E-state index contributed by atoms with van der Waals surface area (Å²) in [4.78, 5) is 24.1. The van der Waals surface area contributed by atoms with Gasteiger partial charge in [0.15, 0.2) is 12.2 Å². The van der Waals surface area contributed by atoms with Gasteiger partial charge >= 0.3 is 5.97 Å². The fourth-order valence-corrected chi connectivity index (χ4v) is 2.03. The number of esters is 1. The average Bonchev–Trinajstić information content (AvgIpc) is 2.65. The van der Waals surface area contributed by atoms with Crippen molar-refractivity contribution in [2.24, 2.45) is 0 Å². The Hall–Kier alpha value is -3.47. The van der Waals surface area contributed by atoms with Crippen molar-refractivity contribution in [1.82, 2.24) is 0 Å². The number of carbonyl (C=O) groups is 2. The van der Waals surface area contributed by atoms with Gasteiger partial charge in [-0.05, 0) is 50.2 Å². The summed E-state index contributed by atoms with van der Waals surface area (Å²) in [7, 11) is 0. The van der Waals surface area contributed by atoms with Crippen LogP contribution in [0.4, 0.5) is 14.5 Å². The lowest BCUT2D eigenvalue weighted by atomic mass is 10.2. The molecule has 0 aliphatic rings. The molecule has 2 aromatic carbocycles. The van der Waals surface area contributed by atoms with E-state index in [9.17, 15) is 18.4 Å². The van der Waals surface area contributed by atoms with Crippen LogP contribution in [0, 0.1) is 23.0 Å². The van der Waals surface area contributed by atoms with Gasteiger partial charge < -0.3 is 14.8 Å². The minimum Gasteiger partial charge on any atom is -0.479 e. The first-order chi connectivity index (χ1) is 12.8. The number of amides is 1. The Kier molecular flexibility index (Phi) is 6.44. The highest BCUT2D eigenvalue weighted by atomic mass is 19.1. The predicted molar refractivity (Wildman–Crippen MR) is 91.8 cm³/mol. The lowest BCUT2D eigenvalue weighted by Gasteiger charge is -2.18. The maximum absolute atomic E-state index is 13.6. The largest absolute Gasteiger partial charge is 0.479 e.